The van der Waals surface area contributed by atoms with Gasteiger partial charge in [0.2, 0.25) is 0 Å². The lowest BCUT2D eigenvalue weighted by molar-refractivity contribution is -0.144. The van der Waals surface area contributed by atoms with E-state index in [9.17, 15) is 9.90 Å². The topological polar surface area (TPSA) is 64.3 Å². The summed E-state index contributed by atoms with van der Waals surface area (Å²) >= 11 is 0. The van der Waals surface area contributed by atoms with Crippen molar-refractivity contribution in [3.05, 3.63) is 30.1 Å². The predicted octanol–water partition coefficient (Wildman–Crippen LogP) is 1.26. The van der Waals surface area contributed by atoms with Crippen LogP contribution in [0.15, 0.2) is 24.3 Å². The lowest BCUT2D eigenvalue weighted by atomic mass is 10.2. The summed E-state index contributed by atoms with van der Waals surface area (Å²) in [6.45, 7) is 1.51. The van der Waals surface area contributed by atoms with E-state index in [2.05, 4.69) is 4.98 Å². The summed E-state index contributed by atoms with van der Waals surface area (Å²) in [7, 11) is 1.34. The maximum absolute atomic E-state index is 11.6. The number of nitrogens with zero attached hydrogens (tertiary/aromatic N) is 2. The summed E-state index contributed by atoms with van der Waals surface area (Å²) in [6, 6.07) is 6.93. The Bertz CT molecular complexity index is 548. The number of ether oxygens (including phenoxy) is 1. The Balaban J connectivity index is 2.61. The molecule has 0 amide bonds. The normalized spacial score (nSPS) is 12.6. The van der Waals surface area contributed by atoms with Gasteiger partial charge in [-0.15, -0.1) is 0 Å². The molecule has 2 aromatic rings. The monoisotopic (exact) mass is 234 g/mol. The first kappa shape index (κ1) is 11.6. The van der Waals surface area contributed by atoms with Crippen molar-refractivity contribution in [2.24, 2.45) is 0 Å². The fourth-order valence-corrected chi connectivity index (χ4v) is 1.91. The highest BCUT2D eigenvalue weighted by Gasteiger charge is 2.21. The van der Waals surface area contributed by atoms with Crippen molar-refractivity contribution >= 4 is 17.0 Å². The lowest BCUT2D eigenvalue weighted by Gasteiger charge is -2.14. The number of benzene rings is 1. The van der Waals surface area contributed by atoms with E-state index in [-0.39, 0.29) is 12.6 Å². The Morgan fingerprint density at radius 3 is 2.88 bits per heavy atom. The number of hydrogen-bond acceptors (Lipinski definition) is 4. The van der Waals surface area contributed by atoms with Gasteiger partial charge in [0.05, 0.1) is 18.1 Å². The number of aliphatic hydroxyl groups excluding tert-OH is 1. The van der Waals surface area contributed by atoms with Crippen molar-refractivity contribution in [1.82, 2.24) is 9.55 Å². The van der Waals surface area contributed by atoms with Crippen LogP contribution in [0.4, 0.5) is 0 Å². The Kier molecular flexibility index (Phi) is 3.10. The standard InChI is InChI=1S/C12H14N2O3/c1-8(12(16)17-2)14-10-6-4-3-5-9(10)13-11(14)7-15/h3-6,8,15H,7H2,1-2H3. The van der Waals surface area contributed by atoms with Gasteiger partial charge in [-0.2, -0.15) is 0 Å². The molecule has 1 unspecified atom stereocenters. The fraction of sp³-hybridized carbons (Fsp3) is 0.333. The second-order valence-electron chi connectivity index (χ2n) is 3.74. The molecule has 1 N–H and O–H groups in total. The molecule has 90 valence electrons. The van der Waals surface area contributed by atoms with Crippen molar-refractivity contribution < 1.29 is 14.6 Å². The molecule has 0 spiro atoms. The molecule has 2 rings (SSSR count). The summed E-state index contributed by atoms with van der Waals surface area (Å²) in [4.78, 5) is 15.8. The summed E-state index contributed by atoms with van der Waals surface area (Å²) < 4.78 is 6.41. The third-order valence-electron chi connectivity index (χ3n) is 2.74. The Morgan fingerprint density at radius 2 is 2.24 bits per heavy atom. The Hall–Kier alpha value is -1.88. The molecule has 5 heteroatoms. The molecule has 1 aromatic heterocycles. The minimum absolute atomic E-state index is 0.212. The average Bonchev–Trinajstić information content (AvgIpc) is 2.75. The highest BCUT2D eigenvalue weighted by Crippen LogP contribution is 2.21. The highest BCUT2D eigenvalue weighted by atomic mass is 16.5. The first-order valence-electron chi connectivity index (χ1n) is 5.33. The maximum Gasteiger partial charge on any atom is 0.328 e. The molecule has 0 saturated heterocycles. The van der Waals surface area contributed by atoms with Gasteiger partial charge in [-0.05, 0) is 19.1 Å². The third kappa shape index (κ3) is 1.89. The second-order valence-corrected chi connectivity index (χ2v) is 3.74. The van der Waals surface area contributed by atoms with Crippen LogP contribution in [0, 0.1) is 0 Å². The lowest BCUT2D eigenvalue weighted by Crippen LogP contribution is -2.19. The van der Waals surface area contributed by atoms with Gasteiger partial charge in [0.1, 0.15) is 18.5 Å². The number of carbonyl (C=O) groups excluding carboxylic acids is 1. The molecule has 0 saturated carbocycles. The number of fused-ring (bicyclic) bond motifs is 1. The molecular formula is C12H14N2O3. The van der Waals surface area contributed by atoms with Crippen LogP contribution in [0.2, 0.25) is 0 Å². The van der Waals surface area contributed by atoms with Crippen molar-refractivity contribution in [2.75, 3.05) is 7.11 Å². The van der Waals surface area contributed by atoms with E-state index in [0.717, 1.165) is 11.0 Å². The molecule has 0 aliphatic rings. The van der Waals surface area contributed by atoms with Gasteiger partial charge in [0.15, 0.2) is 0 Å². The zero-order valence-corrected chi connectivity index (χ0v) is 9.75. The number of esters is 1. The summed E-state index contributed by atoms with van der Waals surface area (Å²) in [6.07, 6.45) is 0. The van der Waals surface area contributed by atoms with E-state index < -0.39 is 6.04 Å². The van der Waals surface area contributed by atoms with E-state index in [1.807, 2.05) is 24.3 Å². The van der Waals surface area contributed by atoms with Gasteiger partial charge in [0.25, 0.3) is 0 Å². The number of methoxy groups -OCH3 is 1. The molecular weight excluding hydrogens is 220 g/mol. The van der Waals surface area contributed by atoms with Gasteiger partial charge >= 0.3 is 5.97 Å². The molecule has 0 bridgehead atoms. The second kappa shape index (κ2) is 4.55. The molecule has 17 heavy (non-hydrogen) atoms. The smallest absolute Gasteiger partial charge is 0.328 e. The largest absolute Gasteiger partial charge is 0.467 e. The molecule has 1 heterocycles. The number of hydrogen-bond donors (Lipinski definition) is 1. The minimum Gasteiger partial charge on any atom is -0.467 e. The zero-order valence-electron chi connectivity index (χ0n) is 9.75. The molecule has 0 fully saturated rings. The van der Waals surface area contributed by atoms with Gasteiger partial charge in [-0.25, -0.2) is 9.78 Å². The third-order valence-corrected chi connectivity index (χ3v) is 2.74. The summed E-state index contributed by atoms with van der Waals surface area (Å²) in [5.74, 6) is 0.104. The van der Waals surface area contributed by atoms with E-state index in [1.54, 1.807) is 11.5 Å². The maximum atomic E-state index is 11.6. The number of aromatic nitrogens is 2. The molecule has 0 aliphatic carbocycles. The molecule has 0 radical (unpaired) electrons. The van der Waals surface area contributed by atoms with Crippen LogP contribution >= 0.6 is 0 Å². The number of para-hydroxylation sites is 2. The van der Waals surface area contributed by atoms with Crippen LogP contribution in [0.3, 0.4) is 0 Å². The SMILES string of the molecule is COC(=O)C(C)n1c(CO)nc2ccccc21. The molecule has 0 aliphatic heterocycles. The van der Waals surface area contributed by atoms with Crippen LogP contribution < -0.4 is 0 Å². The van der Waals surface area contributed by atoms with E-state index in [4.69, 9.17) is 4.74 Å². The first-order chi connectivity index (χ1) is 8.19. The van der Waals surface area contributed by atoms with Crippen molar-refractivity contribution in [2.45, 2.75) is 19.6 Å². The number of aliphatic hydroxyl groups is 1. The fourth-order valence-electron chi connectivity index (χ4n) is 1.91. The molecule has 1 aromatic carbocycles. The van der Waals surface area contributed by atoms with Gasteiger partial charge in [0, 0.05) is 0 Å². The van der Waals surface area contributed by atoms with Crippen molar-refractivity contribution in [1.29, 1.82) is 0 Å². The number of carbonyl (C=O) groups is 1. The Labute approximate surface area is 98.6 Å². The van der Waals surface area contributed by atoms with Crippen molar-refractivity contribution in [3.8, 4) is 0 Å². The zero-order chi connectivity index (χ0) is 12.4. The van der Waals surface area contributed by atoms with E-state index in [0.29, 0.717) is 5.82 Å². The van der Waals surface area contributed by atoms with Gasteiger partial charge in [-0.1, -0.05) is 12.1 Å². The average molecular weight is 234 g/mol. The van der Waals surface area contributed by atoms with Crippen molar-refractivity contribution in [3.63, 3.8) is 0 Å². The summed E-state index contributed by atoms with van der Waals surface area (Å²) in [5.41, 5.74) is 1.57. The van der Waals surface area contributed by atoms with E-state index in [1.165, 1.54) is 7.11 Å². The summed E-state index contributed by atoms with van der Waals surface area (Å²) in [5, 5.41) is 9.29. The Morgan fingerprint density at radius 1 is 1.53 bits per heavy atom. The van der Waals surface area contributed by atoms with Crippen LogP contribution in [0.5, 0.6) is 0 Å². The highest BCUT2D eigenvalue weighted by molar-refractivity contribution is 5.80. The quantitative estimate of drug-likeness (QED) is 0.812. The molecule has 5 nitrogen and oxygen atoms in total. The van der Waals surface area contributed by atoms with Crippen LogP contribution in [-0.4, -0.2) is 27.7 Å². The van der Waals surface area contributed by atoms with Gasteiger partial charge in [-0.3, -0.25) is 0 Å². The van der Waals surface area contributed by atoms with Crippen LogP contribution in [0.25, 0.3) is 11.0 Å². The first-order valence-corrected chi connectivity index (χ1v) is 5.33. The van der Waals surface area contributed by atoms with Crippen LogP contribution in [-0.2, 0) is 16.1 Å². The number of rotatable bonds is 3. The minimum atomic E-state index is -0.505. The van der Waals surface area contributed by atoms with Gasteiger partial charge < -0.3 is 14.4 Å². The van der Waals surface area contributed by atoms with Crippen LogP contribution in [0.1, 0.15) is 18.8 Å². The molecule has 1 atom stereocenters. The number of imidazole rings is 1. The van der Waals surface area contributed by atoms with E-state index >= 15 is 0 Å². The predicted molar refractivity (Wildman–Crippen MR) is 62.4 cm³/mol.